The number of anilines is 1. The third-order valence-electron chi connectivity index (χ3n) is 20.3. The Balaban J connectivity index is 0.000000200. The molecule has 1 aliphatic carbocycles. The molecule has 4 aromatic carbocycles. The van der Waals surface area contributed by atoms with Crippen LogP contribution in [0.3, 0.4) is 0 Å². The topological polar surface area (TPSA) is 440 Å². The van der Waals surface area contributed by atoms with E-state index in [-0.39, 0.29) is 125 Å². The van der Waals surface area contributed by atoms with Crippen molar-refractivity contribution in [2.45, 2.75) is 263 Å². The van der Waals surface area contributed by atoms with Crippen LogP contribution in [0, 0.1) is 12.7 Å². The van der Waals surface area contributed by atoms with E-state index >= 15 is 0 Å². The predicted octanol–water partition coefficient (Wildman–Crippen LogP) is 11.1. The summed E-state index contributed by atoms with van der Waals surface area (Å²) in [7, 11) is 0. The number of rotatable bonds is 17. The van der Waals surface area contributed by atoms with Gasteiger partial charge in [0.05, 0.1) is 55.0 Å². The molecule has 132 heavy (non-hydrogen) atoms. The maximum atomic E-state index is 14.3. The number of hydrogen-bond acceptors (Lipinski definition) is 24. The van der Waals surface area contributed by atoms with E-state index < -0.39 is 185 Å². The Morgan fingerprint density at radius 2 is 0.909 bits per heavy atom. The standard InChI is InChI=1S/C22H19ClF2N6O3.C18H22FNO5.C17H22FNO4.C12H14FNO2.C11H16FNO5.C10H16FNO4/c1-10-17(19(32)21(34)28-22(4-5-22)16-8-26-30-29-16)15-6-11(24)9-31(15)18(10)20(33)27-12-2-3-14(25)13(23)7-12;1-18(2,3)25-17(23)15(21)20-10-13(19)9-14(20)16(22)24-11-12-7-5-4-6-8-12;1-17(2,3)23-16(21)19-10-13(18)9-14(19)15(20)22-11-12-7-5-4-6-8-12;13-10-6-11(14-7-10)12(15)16-8-9-4-2-1-3-5-9;1-11(2,3)18-10(17)8(14)13-5-6(12)4-7(13)9(15)16;1-10(2,3)16-9(15)12-5-6(11)4-7(12)8(13)14/h2-3,7-8,11H,4-6,9H2,1H3,(H,27,33)(H,28,34)(H,26,29,30);4-8,13-14H,9-11H2,1-3H3;4-8,13-14H,9-11H2,1-3H3;1-5,10-11,14H,6-8H2;6-7H,4-5H2,1-3H3,(H,15,16);6-7H,4-5H2,1-3H3,(H,13,14)/t11-;2*13-,14+;10-,11+;2*6-,7+/m111111/s1. The second-order valence-corrected chi connectivity index (χ2v) is 36.2. The molecule has 7 aliphatic rings. The van der Waals surface area contributed by atoms with Crippen molar-refractivity contribution in [3.63, 3.8) is 0 Å². The highest BCUT2D eigenvalue weighted by Gasteiger charge is 2.51. The third-order valence-corrected chi connectivity index (χ3v) is 20.6. The van der Waals surface area contributed by atoms with Crippen LogP contribution in [0.15, 0.2) is 115 Å². The number of carboxylic acids is 2. The first kappa shape index (κ1) is 105. The van der Waals surface area contributed by atoms with Crippen molar-refractivity contribution in [2.75, 3.05) is 38.0 Å². The Hall–Kier alpha value is -12.6. The number of H-pyrrole nitrogens is 1. The molecular weight excluding hydrogens is 1770 g/mol. The number of halogens is 8. The molecule has 6 amide bonds. The lowest BCUT2D eigenvalue weighted by atomic mass is 10.0. The molecule has 11 atom stereocenters. The minimum Gasteiger partial charge on any atom is -0.480 e. The second kappa shape index (κ2) is 45.5. The summed E-state index contributed by atoms with van der Waals surface area (Å²) < 4.78 is 131. The number of aromatic nitrogens is 4. The van der Waals surface area contributed by atoms with E-state index in [1.807, 2.05) is 66.7 Å². The van der Waals surface area contributed by atoms with Crippen molar-refractivity contribution in [1.29, 1.82) is 0 Å². The number of aromatic amines is 1. The van der Waals surface area contributed by atoms with Gasteiger partial charge in [0.15, 0.2) is 0 Å². The number of aliphatic carboxylic acids is 2. The van der Waals surface area contributed by atoms with Crippen LogP contribution in [0.5, 0.6) is 0 Å². The molecule has 0 radical (unpaired) electrons. The van der Waals surface area contributed by atoms with Crippen molar-refractivity contribution < 1.29 is 141 Å². The fourth-order valence-electron chi connectivity index (χ4n) is 14.2. The summed E-state index contributed by atoms with van der Waals surface area (Å²) in [5, 5.41) is 35.9. The van der Waals surface area contributed by atoms with E-state index in [9.17, 15) is 97.9 Å². The molecule has 42 heteroatoms. The average molecular weight is 1880 g/mol. The molecule has 0 unspecified atom stereocenters. The van der Waals surface area contributed by atoms with Crippen LogP contribution >= 0.6 is 11.6 Å². The van der Waals surface area contributed by atoms with E-state index in [0.29, 0.717) is 29.1 Å². The van der Waals surface area contributed by atoms with Crippen LogP contribution in [0.25, 0.3) is 0 Å². The average Bonchev–Trinajstić information content (AvgIpc) is 1.58. The maximum absolute atomic E-state index is 14.3. The van der Waals surface area contributed by atoms with Crippen LogP contribution in [-0.4, -0.2) is 256 Å². The number of fused-ring (bicyclic) bond motifs is 1. The van der Waals surface area contributed by atoms with Gasteiger partial charge in [0.1, 0.15) is 127 Å². The van der Waals surface area contributed by atoms with Gasteiger partial charge < -0.3 is 73.7 Å². The molecule has 6 aliphatic heterocycles. The van der Waals surface area contributed by atoms with E-state index in [2.05, 4.69) is 31.4 Å². The number of likely N-dealkylation sites (tertiary alicyclic amines) is 4. The monoisotopic (exact) mass is 1880 g/mol. The lowest BCUT2D eigenvalue weighted by Gasteiger charge is -2.27. The zero-order valence-corrected chi connectivity index (χ0v) is 75.7. The van der Waals surface area contributed by atoms with Gasteiger partial charge in [-0.05, 0) is 143 Å². The number of carboxylic acid groups (broad SMARTS) is 2. The van der Waals surface area contributed by atoms with Crippen molar-refractivity contribution in [2.24, 2.45) is 0 Å². The van der Waals surface area contributed by atoms with E-state index in [1.54, 1.807) is 107 Å². The number of carbonyl (C=O) groups is 14. The number of ether oxygens (including phenoxy) is 7. The van der Waals surface area contributed by atoms with Gasteiger partial charge in [-0.2, -0.15) is 15.4 Å². The summed E-state index contributed by atoms with van der Waals surface area (Å²) in [5.41, 5.74) is 0.0218. The Bertz CT molecular complexity index is 5090. The number of benzene rings is 4. The van der Waals surface area contributed by atoms with Gasteiger partial charge in [-0.1, -0.05) is 103 Å². The van der Waals surface area contributed by atoms with Crippen molar-refractivity contribution >= 4 is 101 Å². The molecule has 0 bridgehead atoms. The first-order chi connectivity index (χ1) is 61.7. The fraction of sp³-hybridized carbons (Fsp3) is 0.511. The van der Waals surface area contributed by atoms with Crippen LogP contribution in [0.1, 0.15) is 183 Å². The number of nitrogens with zero attached hydrogens (tertiary/aromatic N) is 7. The zero-order valence-electron chi connectivity index (χ0n) is 75.0. The number of amides is 6. The summed E-state index contributed by atoms with van der Waals surface area (Å²) in [6.07, 6.45) is -7.01. The minimum absolute atomic E-state index is 0.0101. The molecule has 6 fully saturated rings. The molecule has 13 rings (SSSR count). The molecule has 5 saturated heterocycles. The van der Waals surface area contributed by atoms with Crippen molar-refractivity contribution in [1.82, 2.24) is 50.2 Å². The number of alkyl halides is 6. The first-order valence-corrected chi connectivity index (χ1v) is 42.5. The fourth-order valence-corrected chi connectivity index (χ4v) is 14.4. The molecule has 6 N–H and O–H groups in total. The predicted molar refractivity (Wildman–Crippen MR) is 456 cm³/mol. The van der Waals surface area contributed by atoms with Crippen LogP contribution in [0.2, 0.25) is 5.02 Å². The lowest BCUT2D eigenvalue weighted by Crippen LogP contribution is -2.46. The summed E-state index contributed by atoms with van der Waals surface area (Å²) in [5.74, 6) is -11.7. The molecule has 1 saturated carbocycles. The van der Waals surface area contributed by atoms with E-state index in [0.717, 1.165) is 37.5 Å². The summed E-state index contributed by atoms with van der Waals surface area (Å²) in [6, 6.07) is 26.3. The van der Waals surface area contributed by atoms with Gasteiger partial charge >= 0.3 is 65.8 Å². The Morgan fingerprint density at radius 1 is 0.508 bits per heavy atom. The van der Waals surface area contributed by atoms with Gasteiger partial charge in [-0.15, -0.1) is 0 Å². The number of carbonyl (C=O) groups excluding carboxylic acids is 12. The van der Waals surface area contributed by atoms with E-state index in [1.165, 1.54) is 29.8 Å². The SMILES string of the molecule is CC(C)(C)OC(=O)C(=O)N1C[C@H](F)C[C@H]1C(=O)O.CC(C)(C)OC(=O)C(=O)N1C[C@H](F)C[C@H]1C(=O)OCc1ccccc1.CC(C)(C)OC(=O)N1C[C@H](F)C[C@H]1C(=O)O.CC(C)(C)OC(=O)N1C[C@H](F)C[C@H]1C(=O)OCc1ccccc1.Cc1c(C(=O)C(=O)NC2(c3cn[nH]n3)CC2)c2n(c1C(=O)Nc1ccc(F)c(Cl)c1)C[C@H](F)C2.O=C(OCc1ccccc1)[C@@H]1C[C@@H](F)CN1. The van der Waals surface area contributed by atoms with E-state index in [4.69, 9.17) is 55.0 Å². The number of nitrogens with one attached hydrogen (secondary N) is 4. The third kappa shape index (κ3) is 30.8. The normalized spacial score (nSPS) is 21.4. The highest BCUT2D eigenvalue weighted by molar-refractivity contribution is 6.44. The summed E-state index contributed by atoms with van der Waals surface area (Å²) in [6.45, 7) is 20.7. The lowest BCUT2D eigenvalue weighted by molar-refractivity contribution is -0.170. The van der Waals surface area contributed by atoms with Gasteiger partial charge in [0.2, 0.25) is 0 Å². The molecule has 34 nitrogen and oxygen atoms in total. The largest absolute Gasteiger partial charge is 0.480 e. The summed E-state index contributed by atoms with van der Waals surface area (Å²) in [4.78, 5) is 172. The van der Waals surface area contributed by atoms with Crippen molar-refractivity contribution in [3.8, 4) is 0 Å². The Labute approximate surface area is 760 Å². The highest BCUT2D eigenvalue weighted by atomic mass is 35.5. The van der Waals surface area contributed by atoms with Gasteiger partial charge in [0.25, 0.3) is 17.6 Å². The summed E-state index contributed by atoms with van der Waals surface area (Å²) >= 11 is 5.78. The minimum atomic E-state index is -1.43. The molecule has 0 spiro atoms. The Kier molecular flexibility index (Phi) is 36.1. The molecule has 8 heterocycles. The quantitative estimate of drug-likeness (QED) is 0.0162. The number of esters is 5. The smallest absolute Gasteiger partial charge is 0.411 e. The van der Waals surface area contributed by atoms with Crippen LogP contribution in [0.4, 0.5) is 46.0 Å². The molecule has 2 aromatic heterocycles. The number of hydrogen-bond donors (Lipinski definition) is 6. The molecule has 6 aromatic rings. The van der Waals surface area contributed by atoms with Gasteiger partial charge in [-0.3, -0.25) is 38.6 Å². The van der Waals surface area contributed by atoms with Gasteiger partial charge in [-0.25, -0.2) is 69.1 Å². The maximum Gasteiger partial charge on any atom is 0.411 e. The van der Waals surface area contributed by atoms with Crippen molar-refractivity contribution in [3.05, 3.63) is 171 Å². The number of Topliss-reactive ketones (excluding diaryl/α,β-unsaturated/α-hetero) is 1. The number of ketones is 1. The van der Waals surface area contributed by atoms with Crippen LogP contribution < -0.4 is 16.0 Å². The highest BCUT2D eigenvalue weighted by Crippen LogP contribution is 2.45. The van der Waals surface area contributed by atoms with Crippen LogP contribution in [-0.2, 0) is 119 Å². The molecule has 718 valence electrons. The molecular formula is C90H109ClF7N11O23. The first-order valence-electron chi connectivity index (χ1n) is 42.1. The zero-order chi connectivity index (χ0) is 97.8. The van der Waals surface area contributed by atoms with Gasteiger partial charge in [0, 0.05) is 56.5 Å². The Morgan fingerprint density at radius 3 is 1.30 bits per heavy atom. The second-order valence-electron chi connectivity index (χ2n) is 35.8.